The molecule has 0 bridgehead atoms. The fraction of sp³-hybridized carbons (Fsp3) is 0.550. The molecule has 0 radical (unpaired) electrons. The van der Waals surface area contributed by atoms with Crippen LogP contribution in [-0.4, -0.2) is 53.3 Å². The Bertz CT molecular complexity index is 866. The predicted molar refractivity (Wildman–Crippen MR) is 124 cm³/mol. The van der Waals surface area contributed by atoms with Crippen molar-refractivity contribution < 1.29 is 14.2 Å². The van der Waals surface area contributed by atoms with Crippen LogP contribution in [0.4, 0.5) is 0 Å². The number of aliphatic imine (C=N–C) groups is 1. The van der Waals surface area contributed by atoms with E-state index in [1.165, 1.54) is 5.56 Å². The molecule has 2 aliphatic heterocycles. The smallest absolute Gasteiger partial charge is 0.231 e. The molecule has 10 heteroatoms. The van der Waals surface area contributed by atoms with Gasteiger partial charge in [-0.25, -0.2) is 4.99 Å². The van der Waals surface area contributed by atoms with E-state index in [0.29, 0.717) is 13.3 Å². The molecule has 1 fully saturated rings. The van der Waals surface area contributed by atoms with Crippen molar-refractivity contribution in [2.75, 3.05) is 26.5 Å². The molecule has 1 saturated heterocycles. The molecule has 164 valence electrons. The number of benzene rings is 1. The van der Waals surface area contributed by atoms with Crippen LogP contribution in [0.5, 0.6) is 11.5 Å². The first-order valence-electron chi connectivity index (χ1n) is 10.1. The van der Waals surface area contributed by atoms with Crippen LogP contribution >= 0.6 is 24.0 Å². The van der Waals surface area contributed by atoms with E-state index < -0.39 is 0 Å². The third-order valence-corrected chi connectivity index (χ3v) is 5.23. The average Bonchev–Trinajstić information content (AvgIpc) is 3.47. The summed E-state index contributed by atoms with van der Waals surface area (Å²) in [5, 5.41) is 15.1. The van der Waals surface area contributed by atoms with E-state index in [-0.39, 0.29) is 30.1 Å². The highest BCUT2D eigenvalue weighted by atomic mass is 127. The fourth-order valence-electron chi connectivity index (χ4n) is 3.35. The number of nitrogens with zero attached hydrogens (tertiary/aromatic N) is 4. The van der Waals surface area contributed by atoms with Crippen molar-refractivity contribution >= 4 is 29.9 Å². The monoisotopic (exact) mass is 528 g/mol. The summed E-state index contributed by atoms with van der Waals surface area (Å²) >= 11 is 0. The second kappa shape index (κ2) is 10.8. The largest absolute Gasteiger partial charge is 0.454 e. The van der Waals surface area contributed by atoms with Crippen molar-refractivity contribution in [3.8, 4) is 11.5 Å². The molecule has 0 amide bonds. The highest BCUT2D eigenvalue weighted by molar-refractivity contribution is 14.0. The minimum Gasteiger partial charge on any atom is -0.454 e. The number of nitrogens with one attached hydrogen (secondary N) is 2. The number of ether oxygens (including phenoxy) is 3. The van der Waals surface area contributed by atoms with Gasteiger partial charge in [0.05, 0.1) is 6.10 Å². The van der Waals surface area contributed by atoms with Gasteiger partial charge in [-0.3, -0.25) is 0 Å². The molecule has 1 atom stereocenters. The first-order valence-corrected chi connectivity index (χ1v) is 10.1. The molecular formula is C20H29IN6O3. The molecule has 2 N–H and O–H groups in total. The van der Waals surface area contributed by atoms with Gasteiger partial charge in [0.1, 0.15) is 12.4 Å². The predicted octanol–water partition coefficient (Wildman–Crippen LogP) is 1.93. The van der Waals surface area contributed by atoms with Gasteiger partial charge in [-0.2, -0.15) is 0 Å². The van der Waals surface area contributed by atoms with Gasteiger partial charge in [-0.05, 0) is 43.9 Å². The first kappa shape index (κ1) is 22.6. The zero-order chi connectivity index (χ0) is 20.1. The van der Waals surface area contributed by atoms with E-state index in [1.54, 1.807) is 0 Å². The molecule has 1 aromatic heterocycles. The van der Waals surface area contributed by atoms with Gasteiger partial charge >= 0.3 is 0 Å². The zero-order valence-electron chi connectivity index (χ0n) is 17.4. The average molecular weight is 528 g/mol. The maximum Gasteiger partial charge on any atom is 0.231 e. The summed E-state index contributed by atoms with van der Waals surface area (Å²) in [5.41, 5.74) is 1.18. The Morgan fingerprint density at radius 1 is 1.23 bits per heavy atom. The lowest BCUT2D eigenvalue weighted by Gasteiger charge is -2.15. The summed E-state index contributed by atoms with van der Waals surface area (Å²) in [6.07, 6.45) is 3.29. The summed E-state index contributed by atoms with van der Waals surface area (Å²) < 4.78 is 18.5. The van der Waals surface area contributed by atoms with Crippen LogP contribution in [0.25, 0.3) is 0 Å². The van der Waals surface area contributed by atoms with Gasteiger partial charge < -0.3 is 29.4 Å². The number of halogens is 1. The molecule has 3 heterocycles. The third kappa shape index (κ3) is 5.75. The lowest BCUT2D eigenvalue weighted by molar-refractivity contribution is 0.114. The second-order valence-corrected chi connectivity index (χ2v) is 7.27. The number of fused-ring (bicyclic) bond motifs is 1. The van der Waals surface area contributed by atoms with Crippen LogP contribution in [0.1, 0.15) is 30.1 Å². The standard InChI is InChI=1S/C20H28N6O3.HI/c1-14-24-25-19(26(14)2)12-23-20(22-11-16-4-3-9-27-16)21-8-7-15-5-6-17-18(10-15)29-13-28-17;/h5-6,10,16H,3-4,7-9,11-13H2,1-2H3,(H2,21,22,23);1H. The summed E-state index contributed by atoms with van der Waals surface area (Å²) in [6.45, 7) is 5.02. The van der Waals surface area contributed by atoms with E-state index >= 15 is 0 Å². The molecule has 0 saturated carbocycles. The van der Waals surface area contributed by atoms with Crippen molar-refractivity contribution in [2.45, 2.75) is 38.8 Å². The second-order valence-electron chi connectivity index (χ2n) is 7.27. The van der Waals surface area contributed by atoms with E-state index in [0.717, 1.165) is 68.1 Å². The van der Waals surface area contributed by atoms with Crippen LogP contribution in [0.2, 0.25) is 0 Å². The van der Waals surface area contributed by atoms with Gasteiger partial charge in [0.2, 0.25) is 6.79 Å². The van der Waals surface area contributed by atoms with Crippen molar-refractivity contribution in [1.82, 2.24) is 25.4 Å². The Morgan fingerprint density at radius 2 is 2.10 bits per heavy atom. The minimum atomic E-state index is 0. The van der Waals surface area contributed by atoms with E-state index in [2.05, 4.69) is 31.9 Å². The van der Waals surface area contributed by atoms with Gasteiger partial charge in [0.25, 0.3) is 0 Å². The quantitative estimate of drug-likeness (QED) is 0.322. The molecule has 1 aromatic carbocycles. The molecule has 9 nitrogen and oxygen atoms in total. The number of guanidine groups is 1. The Morgan fingerprint density at radius 3 is 2.87 bits per heavy atom. The molecule has 2 aromatic rings. The highest BCUT2D eigenvalue weighted by Crippen LogP contribution is 2.32. The van der Waals surface area contributed by atoms with Crippen LogP contribution in [0.3, 0.4) is 0 Å². The van der Waals surface area contributed by atoms with Crippen LogP contribution < -0.4 is 20.1 Å². The normalized spacial score (nSPS) is 17.7. The van der Waals surface area contributed by atoms with Crippen molar-refractivity contribution in [3.63, 3.8) is 0 Å². The maximum atomic E-state index is 5.71. The zero-order valence-corrected chi connectivity index (χ0v) is 19.7. The number of aryl methyl sites for hydroxylation is 1. The molecule has 30 heavy (non-hydrogen) atoms. The number of rotatable bonds is 7. The van der Waals surface area contributed by atoms with Crippen LogP contribution in [0.15, 0.2) is 23.2 Å². The number of aromatic nitrogens is 3. The molecule has 1 unspecified atom stereocenters. The summed E-state index contributed by atoms with van der Waals surface area (Å²) in [5.74, 6) is 4.07. The lowest BCUT2D eigenvalue weighted by Crippen LogP contribution is -2.42. The number of hydrogen-bond acceptors (Lipinski definition) is 6. The molecular weight excluding hydrogens is 499 g/mol. The first-order chi connectivity index (χ1) is 14.2. The number of hydrogen-bond donors (Lipinski definition) is 2. The van der Waals surface area contributed by atoms with Gasteiger partial charge in [-0.15, -0.1) is 34.2 Å². The van der Waals surface area contributed by atoms with E-state index in [9.17, 15) is 0 Å². The molecule has 0 aliphatic carbocycles. The summed E-state index contributed by atoms with van der Waals surface area (Å²) in [7, 11) is 1.95. The van der Waals surface area contributed by atoms with Crippen molar-refractivity contribution in [3.05, 3.63) is 35.4 Å². The van der Waals surface area contributed by atoms with E-state index in [1.807, 2.05) is 30.7 Å². The SMILES string of the molecule is Cc1nnc(CN=C(NCCc2ccc3c(c2)OCO3)NCC2CCCO2)n1C.I. The van der Waals surface area contributed by atoms with Crippen molar-refractivity contribution in [1.29, 1.82) is 0 Å². The topological polar surface area (TPSA) is 94.8 Å². The third-order valence-electron chi connectivity index (χ3n) is 5.23. The minimum absolute atomic E-state index is 0. The van der Waals surface area contributed by atoms with Crippen LogP contribution in [0, 0.1) is 6.92 Å². The van der Waals surface area contributed by atoms with Crippen molar-refractivity contribution in [2.24, 2.45) is 12.0 Å². The Kier molecular flexibility index (Phi) is 8.14. The summed E-state index contributed by atoms with van der Waals surface area (Å²) in [6, 6.07) is 6.05. The van der Waals surface area contributed by atoms with Gasteiger partial charge in [0, 0.05) is 26.7 Å². The Balaban J connectivity index is 0.00000256. The maximum absolute atomic E-state index is 5.71. The van der Waals surface area contributed by atoms with Gasteiger partial charge in [0.15, 0.2) is 23.3 Å². The summed E-state index contributed by atoms with van der Waals surface area (Å²) in [4.78, 5) is 4.69. The Hall–Kier alpha value is -2.08. The highest BCUT2D eigenvalue weighted by Gasteiger charge is 2.16. The van der Waals surface area contributed by atoms with Crippen LogP contribution in [-0.2, 0) is 24.8 Å². The van der Waals surface area contributed by atoms with Gasteiger partial charge in [-0.1, -0.05) is 6.07 Å². The molecule has 4 rings (SSSR count). The Labute approximate surface area is 193 Å². The molecule has 0 spiro atoms. The fourth-order valence-corrected chi connectivity index (χ4v) is 3.35. The molecule has 2 aliphatic rings. The lowest BCUT2D eigenvalue weighted by atomic mass is 10.1. The van der Waals surface area contributed by atoms with E-state index in [4.69, 9.17) is 14.2 Å².